The van der Waals surface area contributed by atoms with E-state index in [1.165, 1.54) is 11.1 Å². The van der Waals surface area contributed by atoms with E-state index in [4.69, 9.17) is 12.2 Å². The van der Waals surface area contributed by atoms with E-state index < -0.39 is 0 Å². The van der Waals surface area contributed by atoms with E-state index in [0.717, 1.165) is 12.1 Å². The second kappa shape index (κ2) is 5.29. The molecule has 0 radical (unpaired) electrons. The Morgan fingerprint density at radius 1 is 1.37 bits per heavy atom. The van der Waals surface area contributed by atoms with Crippen molar-refractivity contribution in [3.8, 4) is 0 Å². The van der Waals surface area contributed by atoms with E-state index in [0.29, 0.717) is 17.6 Å². The van der Waals surface area contributed by atoms with Gasteiger partial charge in [0, 0.05) is 7.05 Å². The summed E-state index contributed by atoms with van der Waals surface area (Å²) in [6, 6.07) is 6.23. The average molecular weight is 276 g/mol. The van der Waals surface area contributed by atoms with Crippen LogP contribution in [0.25, 0.3) is 0 Å². The first-order chi connectivity index (χ1) is 8.97. The zero-order valence-electron chi connectivity index (χ0n) is 11.9. The number of carbonyl (C=O) groups excluding carboxylic acids is 1. The van der Waals surface area contributed by atoms with Gasteiger partial charge in [0.1, 0.15) is 0 Å². The highest BCUT2D eigenvalue weighted by Gasteiger charge is 2.34. The van der Waals surface area contributed by atoms with Crippen molar-refractivity contribution in [1.82, 2.24) is 4.90 Å². The highest BCUT2D eigenvalue weighted by atomic mass is 32.1. The predicted octanol–water partition coefficient (Wildman–Crippen LogP) is 2.94. The maximum absolute atomic E-state index is 12.2. The fourth-order valence-corrected chi connectivity index (χ4v) is 2.73. The lowest BCUT2D eigenvalue weighted by Gasteiger charge is -2.25. The predicted molar refractivity (Wildman–Crippen MR) is 82.6 cm³/mol. The summed E-state index contributed by atoms with van der Waals surface area (Å²) in [5, 5.41) is 0.604. The summed E-state index contributed by atoms with van der Waals surface area (Å²) in [6.45, 7) is 6.77. The first-order valence-electron chi connectivity index (χ1n) is 6.67. The average Bonchev–Trinajstić information content (AvgIpc) is 2.62. The molecule has 0 N–H and O–H groups in total. The van der Waals surface area contributed by atoms with Gasteiger partial charge in [-0.2, -0.15) is 0 Å². The number of rotatable bonds is 3. The van der Waals surface area contributed by atoms with Crippen molar-refractivity contribution in [1.29, 1.82) is 0 Å². The molecule has 0 saturated carbocycles. The zero-order valence-corrected chi connectivity index (χ0v) is 12.8. The highest BCUT2D eigenvalue weighted by Crippen LogP contribution is 2.34. The molecule has 1 aromatic rings. The van der Waals surface area contributed by atoms with Crippen LogP contribution in [0.15, 0.2) is 18.2 Å². The van der Waals surface area contributed by atoms with Crippen molar-refractivity contribution in [3.63, 3.8) is 0 Å². The van der Waals surface area contributed by atoms with Crippen LogP contribution in [0, 0.1) is 0 Å². The van der Waals surface area contributed by atoms with Gasteiger partial charge in [-0.3, -0.25) is 9.69 Å². The van der Waals surface area contributed by atoms with Crippen LogP contribution < -0.4 is 4.90 Å². The topological polar surface area (TPSA) is 23.6 Å². The summed E-state index contributed by atoms with van der Waals surface area (Å²) >= 11 is 5.41. The maximum Gasteiger partial charge on any atom is 0.252 e. The highest BCUT2D eigenvalue weighted by molar-refractivity contribution is 7.80. The fourth-order valence-electron chi connectivity index (χ4n) is 2.47. The Bertz CT molecular complexity index is 525. The van der Waals surface area contributed by atoms with E-state index in [9.17, 15) is 4.79 Å². The third-order valence-electron chi connectivity index (χ3n) is 3.52. The summed E-state index contributed by atoms with van der Waals surface area (Å²) in [5.74, 6) is 0.429. The van der Waals surface area contributed by atoms with E-state index in [2.05, 4.69) is 39.0 Å². The lowest BCUT2D eigenvalue weighted by atomic mass is 9.96. The van der Waals surface area contributed by atoms with Crippen molar-refractivity contribution in [3.05, 3.63) is 29.3 Å². The fraction of sp³-hybridized carbons (Fsp3) is 0.467. The minimum atomic E-state index is 0.0651. The normalized spacial score (nSPS) is 15.8. The van der Waals surface area contributed by atoms with Gasteiger partial charge in [0.05, 0.1) is 12.2 Å². The molecule has 1 aliphatic rings. The molecule has 0 atom stereocenters. The summed E-state index contributed by atoms with van der Waals surface area (Å²) in [4.78, 5) is 15.8. The lowest BCUT2D eigenvalue weighted by molar-refractivity contribution is -0.116. The number of carbonyl (C=O) groups is 1. The molecule has 0 unspecified atom stereocenters. The summed E-state index contributed by atoms with van der Waals surface area (Å²) < 4.78 is 0. The van der Waals surface area contributed by atoms with E-state index >= 15 is 0 Å². The molecular weight excluding hydrogens is 256 g/mol. The van der Waals surface area contributed by atoms with Crippen molar-refractivity contribution < 1.29 is 4.79 Å². The minimum absolute atomic E-state index is 0.0651. The molecule has 4 heteroatoms. The second-order valence-electron chi connectivity index (χ2n) is 5.23. The number of amides is 1. The zero-order chi connectivity index (χ0) is 14.2. The molecule has 1 saturated heterocycles. The van der Waals surface area contributed by atoms with Gasteiger partial charge in [-0.15, -0.1) is 0 Å². The van der Waals surface area contributed by atoms with Gasteiger partial charge in [-0.05, 0) is 35.7 Å². The van der Waals surface area contributed by atoms with Gasteiger partial charge in [-0.25, -0.2) is 0 Å². The molecule has 1 fully saturated rings. The number of para-hydroxylation sites is 1. The summed E-state index contributed by atoms with van der Waals surface area (Å²) in [6.07, 6.45) is 0.895. The van der Waals surface area contributed by atoms with Gasteiger partial charge in [-0.1, -0.05) is 39.0 Å². The molecule has 3 nitrogen and oxygen atoms in total. The van der Waals surface area contributed by atoms with E-state index in [1.54, 1.807) is 4.90 Å². The number of hydrogen-bond donors (Lipinski definition) is 0. The number of hydrogen-bond acceptors (Lipinski definition) is 2. The van der Waals surface area contributed by atoms with Crippen LogP contribution >= 0.6 is 12.2 Å². The Morgan fingerprint density at radius 2 is 2.05 bits per heavy atom. The first-order valence-corrected chi connectivity index (χ1v) is 7.08. The molecule has 1 aromatic carbocycles. The smallest absolute Gasteiger partial charge is 0.252 e. The molecule has 2 rings (SSSR count). The standard InChI is InChI=1S/C15H20N2OS/c1-5-11-7-6-8-12(10(2)3)14(11)17-13(18)9-16(4)15(17)19/h6-8,10H,5,9H2,1-4H3. The molecule has 102 valence electrons. The van der Waals surface area contributed by atoms with Crippen molar-refractivity contribution >= 4 is 28.9 Å². The van der Waals surface area contributed by atoms with Gasteiger partial charge in [0.2, 0.25) is 0 Å². The Labute approximate surface area is 120 Å². The van der Waals surface area contributed by atoms with E-state index in [1.807, 2.05) is 11.9 Å². The molecule has 1 amide bonds. The van der Waals surface area contributed by atoms with Gasteiger partial charge in [0.15, 0.2) is 5.11 Å². The molecule has 1 heterocycles. The largest absolute Gasteiger partial charge is 0.342 e. The number of aryl methyl sites for hydroxylation is 1. The quantitative estimate of drug-likeness (QED) is 0.793. The second-order valence-corrected chi connectivity index (χ2v) is 5.60. The molecule has 0 spiro atoms. The summed E-state index contributed by atoms with van der Waals surface area (Å²) in [7, 11) is 1.86. The third-order valence-corrected chi connectivity index (χ3v) is 4.01. The Hall–Kier alpha value is -1.42. The van der Waals surface area contributed by atoms with Crippen molar-refractivity contribution in [2.45, 2.75) is 33.1 Å². The van der Waals surface area contributed by atoms with Crippen LogP contribution in [-0.2, 0) is 11.2 Å². The maximum atomic E-state index is 12.2. The van der Waals surface area contributed by atoms with Crippen LogP contribution in [0.2, 0.25) is 0 Å². The van der Waals surface area contributed by atoms with Crippen molar-refractivity contribution in [2.24, 2.45) is 0 Å². The Morgan fingerprint density at radius 3 is 2.53 bits per heavy atom. The number of anilines is 1. The first kappa shape index (κ1) is 14.0. The van der Waals surface area contributed by atoms with Crippen LogP contribution in [0.1, 0.15) is 37.8 Å². The monoisotopic (exact) mass is 276 g/mol. The number of thiocarbonyl (C=S) groups is 1. The van der Waals surface area contributed by atoms with Crippen LogP contribution in [0.3, 0.4) is 0 Å². The van der Waals surface area contributed by atoms with Gasteiger partial charge >= 0.3 is 0 Å². The number of likely N-dealkylation sites (N-methyl/N-ethyl adjacent to an activating group) is 1. The molecule has 0 bridgehead atoms. The molecule has 19 heavy (non-hydrogen) atoms. The Balaban J connectivity index is 2.60. The SMILES string of the molecule is CCc1cccc(C(C)C)c1N1C(=O)CN(C)C1=S. The van der Waals surface area contributed by atoms with Crippen LogP contribution in [0.4, 0.5) is 5.69 Å². The number of nitrogens with zero attached hydrogens (tertiary/aromatic N) is 2. The summed E-state index contributed by atoms with van der Waals surface area (Å²) in [5.41, 5.74) is 3.36. The van der Waals surface area contributed by atoms with Gasteiger partial charge < -0.3 is 4.90 Å². The molecule has 1 aliphatic heterocycles. The van der Waals surface area contributed by atoms with Crippen LogP contribution in [-0.4, -0.2) is 29.5 Å². The lowest BCUT2D eigenvalue weighted by Crippen LogP contribution is -2.33. The Kier molecular flexibility index (Phi) is 3.90. The molecular formula is C15H20N2OS. The third kappa shape index (κ3) is 2.37. The van der Waals surface area contributed by atoms with Gasteiger partial charge in [0.25, 0.3) is 5.91 Å². The molecule has 0 aromatic heterocycles. The minimum Gasteiger partial charge on any atom is -0.342 e. The number of benzene rings is 1. The molecule has 0 aliphatic carbocycles. The van der Waals surface area contributed by atoms with Crippen LogP contribution in [0.5, 0.6) is 0 Å². The van der Waals surface area contributed by atoms with E-state index in [-0.39, 0.29) is 5.91 Å². The van der Waals surface area contributed by atoms with Crippen molar-refractivity contribution in [2.75, 3.05) is 18.5 Å².